The van der Waals surface area contributed by atoms with E-state index in [0.717, 1.165) is 26.2 Å². The number of hydrogen-bond donors (Lipinski definition) is 1. The minimum Gasteiger partial charge on any atom is -0.374 e. The van der Waals surface area contributed by atoms with Crippen LogP contribution in [0.5, 0.6) is 0 Å². The monoisotopic (exact) mass is 167 g/mol. The molecule has 1 saturated heterocycles. The van der Waals surface area contributed by atoms with Crippen LogP contribution < -0.4 is 5.32 Å². The van der Waals surface area contributed by atoms with E-state index in [-0.39, 0.29) is 0 Å². The first-order valence-electron chi connectivity index (χ1n) is 4.25. The van der Waals surface area contributed by atoms with Gasteiger partial charge in [0.15, 0.2) is 0 Å². The SMILES string of the molecule is c1cnn(CCOC2CNC2)c1. The summed E-state index contributed by atoms with van der Waals surface area (Å²) in [6.45, 7) is 3.61. The largest absolute Gasteiger partial charge is 0.374 e. The van der Waals surface area contributed by atoms with E-state index >= 15 is 0 Å². The van der Waals surface area contributed by atoms with E-state index in [9.17, 15) is 0 Å². The lowest BCUT2D eigenvalue weighted by atomic mass is 10.2. The molecule has 0 atom stereocenters. The number of hydrogen-bond acceptors (Lipinski definition) is 3. The van der Waals surface area contributed by atoms with Gasteiger partial charge < -0.3 is 10.1 Å². The lowest BCUT2D eigenvalue weighted by Gasteiger charge is -2.26. The maximum atomic E-state index is 5.53. The van der Waals surface area contributed by atoms with E-state index in [1.165, 1.54) is 0 Å². The van der Waals surface area contributed by atoms with E-state index in [1.807, 2.05) is 16.9 Å². The van der Waals surface area contributed by atoms with Crippen LogP contribution in [0.4, 0.5) is 0 Å². The van der Waals surface area contributed by atoms with E-state index in [2.05, 4.69) is 10.4 Å². The Hall–Kier alpha value is -0.870. The summed E-state index contributed by atoms with van der Waals surface area (Å²) in [6, 6.07) is 1.92. The van der Waals surface area contributed by atoms with Crippen LogP contribution >= 0.6 is 0 Å². The molecule has 66 valence electrons. The normalized spacial score (nSPS) is 17.7. The molecule has 0 spiro atoms. The zero-order valence-corrected chi connectivity index (χ0v) is 6.94. The van der Waals surface area contributed by atoms with Crippen molar-refractivity contribution < 1.29 is 4.74 Å². The number of nitrogens with one attached hydrogen (secondary N) is 1. The third-order valence-corrected chi connectivity index (χ3v) is 1.98. The van der Waals surface area contributed by atoms with Gasteiger partial charge in [-0.15, -0.1) is 0 Å². The van der Waals surface area contributed by atoms with E-state index < -0.39 is 0 Å². The van der Waals surface area contributed by atoms with Gasteiger partial charge in [0, 0.05) is 25.5 Å². The van der Waals surface area contributed by atoms with Gasteiger partial charge in [0.25, 0.3) is 0 Å². The summed E-state index contributed by atoms with van der Waals surface area (Å²) >= 11 is 0. The van der Waals surface area contributed by atoms with Gasteiger partial charge in [-0.3, -0.25) is 4.68 Å². The van der Waals surface area contributed by atoms with Crippen LogP contribution in [0.25, 0.3) is 0 Å². The summed E-state index contributed by atoms with van der Waals surface area (Å²) in [5.74, 6) is 0. The lowest BCUT2D eigenvalue weighted by molar-refractivity contribution is 0.0137. The Morgan fingerprint density at radius 1 is 1.58 bits per heavy atom. The van der Waals surface area contributed by atoms with Crippen molar-refractivity contribution in [2.75, 3.05) is 19.7 Å². The summed E-state index contributed by atoms with van der Waals surface area (Å²) in [5, 5.41) is 7.24. The molecule has 1 fully saturated rings. The van der Waals surface area contributed by atoms with Crippen LogP contribution in [0.15, 0.2) is 18.5 Å². The number of ether oxygens (including phenoxy) is 1. The lowest BCUT2D eigenvalue weighted by Crippen LogP contribution is -2.48. The molecule has 0 amide bonds. The minimum absolute atomic E-state index is 0.431. The quantitative estimate of drug-likeness (QED) is 0.679. The Morgan fingerprint density at radius 2 is 2.50 bits per heavy atom. The second-order valence-electron chi connectivity index (χ2n) is 2.92. The Balaban J connectivity index is 1.62. The minimum atomic E-state index is 0.431. The molecule has 0 radical (unpaired) electrons. The highest BCUT2D eigenvalue weighted by Gasteiger charge is 2.16. The van der Waals surface area contributed by atoms with Crippen molar-refractivity contribution >= 4 is 0 Å². The number of rotatable bonds is 4. The summed E-state index contributed by atoms with van der Waals surface area (Å²) in [7, 11) is 0. The first-order valence-corrected chi connectivity index (χ1v) is 4.25. The molecular weight excluding hydrogens is 154 g/mol. The molecule has 0 aromatic carbocycles. The smallest absolute Gasteiger partial charge is 0.0824 e. The summed E-state index contributed by atoms with van der Waals surface area (Å²) in [4.78, 5) is 0. The van der Waals surface area contributed by atoms with Gasteiger partial charge in [0.2, 0.25) is 0 Å². The highest BCUT2D eigenvalue weighted by molar-refractivity contribution is 4.78. The fourth-order valence-electron chi connectivity index (χ4n) is 1.13. The molecule has 0 saturated carbocycles. The third-order valence-electron chi connectivity index (χ3n) is 1.98. The van der Waals surface area contributed by atoms with Gasteiger partial charge in [-0.25, -0.2) is 0 Å². The van der Waals surface area contributed by atoms with Gasteiger partial charge >= 0.3 is 0 Å². The molecule has 1 aromatic rings. The predicted octanol–water partition coefficient (Wildman–Crippen LogP) is -0.129. The Morgan fingerprint density at radius 3 is 3.08 bits per heavy atom. The topological polar surface area (TPSA) is 39.1 Å². The van der Waals surface area contributed by atoms with Crippen molar-refractivity contribution in [3.05, 3.63) is 18.5 Å². The maximum Gasteiger partial charge on any atom is 0.0824 e. The average Bonchev–Trinajstić information content (AvgIpc) is 2.46. The molecular formula is C8H13N3O. The molecule has 12 heavy (non-hydrogen) atoms. The van der Waals surface area contributed by atoms with Crippen LogP contribution in [0.1, 0.15) is 0 Å². The molecule has 0 aliphatic carbocycles. The molecule has 4 heteroatoms. The fourth-order valence-corrected chi connectivity index (χ4v) is 1.13. The van der Waals surface area contributed by atoms with E-state index in [4.69, 9.17) is 4.74 Å². The van der Waals surface area contributed by atoms with Crippen molar-refractivity contribution in [1.82, 2.24) is 15.1 Å². The Bertz CT molecular complexity index is 218. The first kappa shape index (κ1) is 7.76. The van der Waals surface area contributed by atoms with E-state index in [0.29, 0.717) is 6.10 Å². The average molecular weight is 167 g/mol. The molecule has 4 nitrogen and oxygen atoms in total. The van der Waals surface area contributed by atoms with Crippen LogP contribution in [0.2, 0.25) is 0 Å². The molecule has 1 N–H and O–H groups in total. The fraction of sp³-hybridized carbons (Fsp3) is 0.625. The molecule has 0 unspecified atom stereocenters. The zero-order chi connectivity index (χ0) is 8.23. The molecule has 2 heterocycles. The molecule has 1 aliphatic rings. The van der Waals surface area contributed by atoms with Crippen molar-refractivity contribution in [1.29, 1.82) is 0 Å². The summed E-state index contributed by atoms with van der Waals surface area (Å²) in [6.07, 6.45) is 4.16. The zero-order valence-electron chi connectivity index (χ0n) is 6.94. The Labute approximate surface area is 71.5 Å². The van der Waals surface area contributed by atoms with Gasteiger partial charge in [-0.05, 0) is 6.07 Å². The van der Waals surface area contributed by atoms with Crippen LogP contribution in [0.3, 0.4) is 0 Å². The Kier molecular flexibility index (Phi) is 2.39. The first-order chi connectivity index (χ1) is 5.95. The van der Waals surface area contributed by atoms with Gasteiger partial charge in [0.1, 0.15) is 0 Å². The number of nitrogens with zero attached hydrogens (tertiary/aromatic N) is 2. The molecule has 1 aliphatic heterocycles. The number of aromatic nitrogens is 2. The van der Waals surface area contributed by atoms with Crippen molar-refractivity contribution in [2.24, 2.45) is 0 Å². The van der Waals surface area contributed by atoms with Crippen molar-refractivity contribution in [3.8, 4) is 0 Å². The highest BCUT2D eigenvalue weighted by atomic mass is 16.5. The van der Waals surface area contributed by atoms with Gasteiger partial charge in [-0.1, -0.05) is 0 Å². The molecule has 1 aromatic heterocycles. The standard InChI is InChI=1S/C8H13N3O/c1-2-10-11(3-1)4-5-12-8-6-9-7-8/h1-3,8-9H,4-7H2. The van der Waals surface area contributed by atoms with E-state index in [1.54, 1.807) is 6.20 Å². The molecule has 0 bridgehead atoms. The second kappa shape index (κ2) is 3.69. The maximum absolute atomic E-state index is 5.53. The van der Waals surface area contributed by atoms with Crippen LogP contribution in [0, 0.1) is 0 Å². The third kappa shape index (κ3) is 1.84. The summed E-state index contributed by atoms with van der Waals surface area (Å²) < 4.78 is 7.41. The highest BCUT2D eigenvalue weighted by Crippen LogP contribution is 1.97. The summed E-state index contributed by atoms with van der Waals surface area (Å²) in [5.41, 5.74) is 0. The van der Waals surface area contributed by atoms with Crippen molar-refractivity contribution in [2.45, 2.75) is 12.6 Å². The van der Waals surface area contributed by atoms with Crippen LogP contribution in [-0.4, -0.2) is 35.6 Å². The second-order valence-corrected chi connectivity index (χ2v) is 2.92. The van der Waals surface area contributed by atoms with Gasteiger partial charge in [-0.2, -0.15) is 5.10 Å². The van der Waals surface area contributed by atoms with Crippen molar-refractivity contribution in [3.63, 3.8) is 0 Å². The van der Waals surface area contributed by atoms with Crippen LogP contribution in [-0.2, 0) is 11.3 Å². The molecule has 2 rings (SSSR count). The predicted molar refractivity (Wildman–Crippen MR) is 44.8 cm³/mol. The van der Waals surface area contributed by atoms with Gasteiger partial charge in [0.05, 0.1) is 19.3 Å².